The monoisotopic (exact) mass is 1950 g/mol. The van der Waals surface area contributed by atoms with Crippen LogP contribution in [0.2, 0.25) is 0 Å². The first-order chi connectivity index (χ1) is 71.1. The van der Waals surface area contributed by atoms with E-state index in [4.69, 9.17) is 13.3 Å². The number of nitrogens with one attached hydrogen (secondary N) is 10. The fourth-order valence-electron chi connectivity index (χ4n) is 18.7. The van der Waals surface area contributed by atoms with E-state index in [1.165, 1.54) is 26.6 Å². The van der Waals surface area contributed by atoms with Gasteiger partial charge in [-0.2, -0.15) is 36.8 Å². The molecule has 2 aliphatic carbocycles. The molecule has 2 atom stereocenters. The Balaban J connectivity index is 0.000000103. The van der Waals surface area contributed by atoms with Crippen LogP contribution in [0.4, 0.5) is 28.4 Å². The molecule has 714 valence electrons. The van der Waals surface area contributed by atoms with Gasteiger partial charge in [-0.1, -0.05) is 170 Å². The van der Waals surface area contributed by atoms with Crippen molar-refractivity contribution in [2.24, 2.45) is 11.8 Å². The van der Waals surface area contributed by atoms with Gasteiger partial charge in [0.2, 0.25) is 23.6 Å². The number of rotatable bonds is 19. The van der Waals surface area contributed by atoms with Gasteiger partial charge in [-0.05, 0) is 257 Å². The summed E-state index contributed by atoms with van der Waals surface area (Å²) in [4.78, 5) is 67.9. The predicted octanol–water partition coefficient (Wildman–Crippen LogP) is 25.4. The first-order valence-electron chi connectivity index (χ1n) is 47.9. The molecule has 2 aliphatic rings. The van der Waals surface area contributed by atoms with E-state index in [0.717, 1.165) is 198 Å². The third-order valence-electron chi connectivity index (χ3n) is 26.2. The Hall–Kier alpha value is -17.8. The molecule has 13 aromatic carbocycles. The van der Waals surface area contributed by atoms with E-state index in [2.05, 4.69) is 143 Å². The summed E-state index contributed by atoms with van der Waals surface area (Å²) >= 11 is 3.31. The first-order valence-corrected chi connectivity index (χ1v) is 49.6. The van der Waals surface area contributed by atoms with Crippen LogP contribution in [0.1, 0.15) is 59.9 Å². The number of anilines is 5. The fraction of sp³-hybridized carbons (Fsp3) is 0.120. The van der Waals surface area contributed by atoms with Crippen LogP contribution in [0.25, 0.3) is 164 Å². The summed E-state index contributed by atoms with van der Waals surface area (Å²) in [5, 5.41) is 87.6. The molecule has 28 heteroatoms. The molecule has 0 radical (unpaired) electrons. The highest BCUT2D eigenvalue weighted by molar-refractivity contribution is 7.22. The largest absolute Gasteiger partial charge is 0.454 e. The minimum Gasteiger partial charge on any atom is -0.454 e. The number of pyridine rings is 1. The number of aliphatic hydroxyl groups is 2. The third kappa shape index (κ3) is 20.9. The molecule has 5 amide bonds. The van der Waals surface area contributed by atoms with E-state index < -0.39 is 12.0 Å². The van der Waals surface area contributed by atoms with Crippen molar-refractivity contribution >= 4 is 189 Å². The van der Waals surface area contributed by atoms with Gasteiger partial charge in [0.1, 0.15) is 45.6 Å². The second-order valence-corrected chi connectivity index (χ2v) is 38.0. The number of hydrogen-bond donors (Lipinski definition) is 12. The van der Waals surface area contributed by atoms with E-state index in [9.17, 15) is 34.2 Å². The molecule has 1 saturated carbocycles. The van der Waals surface area contributed by atoms with Gasteiger partial charge in [0.05, 0.1) is 57.1 Å². The molecule has 0 aliphatic heterocycles. The summed E-state index contributed by atoms with van der Waals surface area (Å²) in [6, 6.07) is 107. The number of carbonyl (C=O) groups excluding carboxylic acids is 5. The Morgan fingerprint density at radius 1 is 0.372 bits per heavy atom. The van der Waals surface area contributed by atoms with Crippen LogP contribution in [-0.2, 0) is 56.1 Å². The molecule has 0 bridgehead atoms. The molecule has 0 saturated heterocycles. The zero-order chi connectivity index (χ0) is 98.2. The number of hydrogen-bond acceptors (Lipinski definition) is 18. The summed E-state index contributed by atoms with van der Waals surface area (Å²) < 4.78 is 19.1. The number of carbonyl (C=O) groups is 5. The summed E-state index contributed by atoms with van der Waals surface area (Å²) in [6.45, 7) is 0. The van der Waals surface area contributed by atoms with Crippen molar-refractivity contribution in [2.75, 3.05) is 26.6 Å². The van der Waals surface area contributed by atoms with Crippen molar-refractivity contribution in [3.63, 3.8) is 0 Å². The number of nitrogens with zero attached hydrogens (tertiary/aromatic N) is 6. The summed E-state index contributed by atoms with van der Waals surface area (Å²) in [6.07, 6.45) is 8.42. The zero-order valence-electron chi connectivity index (χ0n) is 78.0. The van der Waals surface area contributed by atoms with Crippen molar-refractivity contribution in [1.29, 1.82) is 0 Å². The number of fused-ring (bicyclic) bond motifs is 11. The molecule has 1 fully saturated rings. The molecule has 26 rings (SSSR count). The highest BCUT2D eigenvalue weighted by Gasteiger charge is 2.29. The van der Waals surface area contributed by atoms with E-state index in [0.29, 0.717) is 47.9 Å². The third-order valence-corrected chi connectivity index (χ3v) is 28.1. The fourth-order valence-corrected chi connectivity index (χ4v) is 20.5. The highest BCUT2D eigenvalue weighted by Crippen LogP contribution is 2.42. The number of para-hydroxylation sites is 3. The minimum atomic E-state index is -1.12. The van der Waals surface area contributed by atoms with E-state index >= 15 is 0 Å². The van der Waals surface area contributed by atoms with Gasteiger partial charge < -0.3 is 50.0 Å². The summed E-state index contributed by atoms with van der Waals surface area (Å²) in [5.74, 6) is 1.60. The number of aliphatic hydroxyl groups excluding tert-OH is 2. The Morgan fingerprint density at radius 2 is 0.814 bits per heavy atom. The van der Waals surface area contributed by atoms with Crippen LogP contribution < -0.4 is 26.6 Å². The van der Waals surface area contributed by atoms with Crippen molar-refractivity contribution in [1.82, 2.24) is 56.0 Å². The molecule has 145 heavy (non-hydrogen) atoms. The van der Waals surface area contributed by atoms with Crippen LogP contribution in [0.3, 0.4) is 0 Å². The van der Waals surface area contributed by atoms with Gasteiger partial charge in [-0.15, -0.1) is 11.3 Å². The van der Waals surface area contributed by atoms with E-state index in [1.807, 2.05) is 272 Å². The maximum atomic E-state index is 13.0. The number of aromatic nitrogens is 11. The first kappa shape index (κ1) is 92.2. The van der Waals surface area contributed by atoms with E-state index in [-0.39, 0.29) is 54.4 Å². The molecular formula is C117H94N16O10S2. The number of amides is 5. The molecule has 0 spiro atoms. The minimum absolute atomic E-state index is 0.00945. The molecule has 12 N–H and O–H groups in total. The highest BCUT2D eigenvalue weighted by atomic mass is 32.1. The number of furan rings is 3. The van der Waals surface area contributed by atoms with Gasteiger partial charge in [-0.25, -0.2) is 0 Å². The maximum absolute atomic E-state index is 13.0. The van der Waals surface area contributed by atoms with Crippen LogP contribution in [0.15, 0.2) is 364 Å². The molecular weight excluding hydrogens is 1850 g/mol. The summed E-state index contributed by atoms with van der Waals surface area (Å²) in [5.41, 5.74) is 21.0. The van der Waals surface area contributed by atoms with Gasteiger partial charge in [0.25, 0.3) is 5.91 Å². The molecule has 2 unspecified atom stereocenters. The number of aryl methyl sites for hydroxylation is 1. The van der Waals surface area contributed by atoms with Gasteiger partial charge >= 0.3 is 0 Å². The molecule has 24 aromatic rings. The average molecular weight is 1950 g/mol. The van der Waals surface area contributed by atoms with E-state index in [1.54, 1.807) is 41.1 Å². The van der Waals surface area contributed by atoms with Crippen LogP contribution in [-0.4, -0.2) is 108 Å². The summed E-state index contributed by atoms with van der Waals surface area (Å²) in [7, 11) is 0. The Bertz CT molecular complexity index is 8740. The number of thiophene rings is 2. The van der Waals surface area contributed by atoms with Crippen LogP contribution >= 0.6 is 22.7 Å². The lowest BCUT2D eigenvalue weighted by Gasteiger charge is -2.24. The van der Waals surface area contributed by atoms with Crippen molar-refractivity contribution in [3.05, 3.63) is 379 Å². The van der Waals surface area contributed by atoms with Crippen LogP contribution in [0, 0.1) is 11.8 Å². The molecule has 11 aromatic heterocycles. The second-order valence-electron chi connectivity index (χ2n) is 36.1. The molecule has 26 nitrogen and oxygen atoms in total. The number of H-pyrrole nitrogens is 5. The predicted molar refractivity (Wildman–Crippen MR) is 575 cm³/mol. The normalized spacial score (nSPS) is 14.1. The Kier molecular flexibility index (Phi) is 26.4. The number of aromatic amines is 5. The van der Waals surface area contributed by atoms with Gasteiger partial charge in [0, 0.05) is 112 Å². The maximum Gasteiger partial charge on any atom is 0.253 e. The standard InChI is InChI=1S/2C26H21N3O2.C22H16N4O2.C22H21N3O2S.C21H15N3O2S/c30-26(19-10-9-16-5-1-2-6-17(16)13-19)27-20-11-12-22-21(15-20)25(29-28-22)24-14-18-7-3-4-8-23(18)31-24;30-24(14-17-6-2-1-3-7-17)26(31)27-21-12-13-23-22(16-21)25(29-28-23)20-11-10-18-8-4-5-9-19(18)15-20;27-21(10-14-4-3-9-23-13-14)24-16-7-8-18-17(12-16)22(26-25-18)20-11-15-5-1-2-6-19(15)28-20;26-16-8-5-13(6-9-16)22(27)23-15-7-10-18-17(12-15)21(25-24-18)20-11-14-3-1-2-4-19(14)28-20;25-20(9-13-7-8-27-12-13)22-15-5-6-17-16(11-15)21(24-23-17)19-10-14-3-1-2-4-18(14)26-19/h1-8,11-12,14-15,19H,9-10,13H2,(H,27,30)(H,28,29);1-13,15-16,24,30H,14H2,(H,27,31)(H,28,29);1-9,11-13H,10H2,(H,24,27)(H,25,26);1-4,7,10-13,16,26H,5-6,8-9H2,(H,23,27)(H,24,25);1-8,10-12H,9H2,(H,22,25)(H,23,24). The lowest BCUT2D eigenvalue weighted by atomic mass is 9.83. The van der Waals surface area contributed by atoms with Crippen LogP contribution in [0.5, 0.6) is 0 Å². The topological polar surface area (TPSA) is 382 Å². The van der Waals surface area contributed by atoms with Gasteiger partial charge in [-0.3, -0.25) is 54.5 Å². The SMILES string of the molecule is O=C(Cc1cccnc1)Nc1ccc2[nH]nc(-c3cc4ccccc4o3)c2c1.O=C(Cc1ccsc1)Nc1ccc2[nH]nc(-c3cc4ccccc4o3)c2c1.O=C(Nc1ccc2[nH]nc(-c3cc4ccccc4o3)c2c1)C1CCc2ccccc2C1.O=C(Nc1ccc2[nH]nc(-c3cc4ccccc4s3)c2c1)C1CCC(O)CC1.O=C(Nc1ccc2[nH]nc(-c3ccc4ccccc4c3)c2c1)C(O)Cc1ccccc1. The number of benzene rings is 13. The zero-order valence-corrected chi connectivity index (χ0v) is 79.7. The lowest BCUT2D eigenvalue weighted by Crippen LogP contribution is -2.29. The Morgan fingerprint density at radius 3 is 1.33 bits per heavy atom. The lowest BCUT2D eigenvalue weighted by molar-refractivity contribution is -0.124. The van der Waals surface area contributed by atoms with Crippen molar-refractivity contribution in [2.45, 2.75) is 76.4 Å². The molecule has 11 heterocycles. The van der Waals surface area contributed by atoms with Gasteiger partial charge in [0.15, 0.2) is 17.3 Å². The average Bonchev–Trinajstić information content (AvgIpc) is 1.83. The van der Waals surface area contributed by atoms with Crippen molar-refractivity contribution < 1.29 is 47.4 Å². The Labute approximate surface area is 836 Å². The van der Waals surface area contributed by atoms with Crippen molar-refractivity contribution in [3.8, 4) is 56.2 Å². The smallest absolute Gasteiger partial charge is 0.253 e. The second kappa shape index (κ2) is 41.5. The quantitative estimate of drug-likeness (QED) is 0.0358.